The molecule has 0 saturated carbocycles. The molecule has 0 heterocycles. The predicted molar refractivity (Wildman–Crippen MR) is 68.6 cm³/mol. The molecular formula is C12H12BO2SiV. The molecule has 0 aliphatic rings. The van der Waals surface area contributed by atoms with Crippen molar-refractivity contribution in [3.63, 3.8) is 0 Å². The van der Waals surface area contributed by atoms with Crippen LogP contribution in [0.1, 0.15) is 0 Å². The van der Waals surface area contributed by atoms with Crippen LogP contribution in [0.15, 0.2) is 60.7 Å². The van der Waals surface area contributed by atoms with Gasteiger partial charge in [-0.25, -0.2) is 0 Å². The molecule has 0 unspecified atom stereocenters. The van der Waals surface area contributed by atoms with Crippen molar-refractivity contribution in [1.82, 2.24) is 0 Å². The monoisotopic (exact) mass is 278 g/mol. The Hall–Kier alpha value is -0.774. The van der Waals surface area contributed by atoms with Crippen molar-refractivity contribution in [3.8, 4) is 0 Å². The Bertz CT molecular complexity index is 421. The van der Waals surface area contributed by atoms with E-state index in [0.717, 1.165) is 10.4 Å². The van der Waals surface area contributed by atoms with Crippen molar-refractivity contribution >= 4 is 27.0 Å². The van der Waals surface area contributed by atoms with E-state index in [1.807, 2.05) is 36.4 Å². The zero-order valence-corrected chi connectivity index (χ0v) is 11.9. The van der Waals surface area contributed by atoms with Gasteiger partial charge in [-0.05, 0) is 0 Å². The second-order valence-electron chi connectivity index (χ2n) is 3.64. The Labute approximate surface area is 113 Å². The predicted octanol–water partition coefficient (Wildman–Crippen LogP) is 0.286. The standard InChI is InChI=1S/C12H12BO2Si.V/c13-15-16(14,11-7-3-1-4-8-11)12-9-5-2-6-10-12;/h1-10H,13H2;/q-1;+1. The quantitative estimate of drug-likeness (QED) is 0.748. The van der Waals surface area contributed by atoms with Crippen molar-refractivity contribution in [2.24, 2.45) is 0 Å². The molecule has 0 fully saturated rings. The van der Waals surface area contributed by atoms with Gasteiger partial charge in [0.1, 0.15) is 0 Å². The summed E-state index contributed by atoms with van der Waals surface area (Å²) in [6, 6.07) is 20.2. The Morgan fingerprint density at radius 3 is 1.53 bits per heavy atom. The summed E-state index contributed by atoms with van der Waals surface area (Å²) in [5, 5.41) is 2.21. The Morgan fingerprint density at radius 2 is 1.24 bits per heavy atom. The topological polar surface area (TPSA) is 18.5 Å². The third-order valence-electron chi connectivity index (χ3n) is 2.72. The van der Waals surface area contributed by atoms with Crippen LogP contribution in [0.2, 0.25) is 0 Å². The van der Waals surface area contributed by atoms with E-state index in [0.29, 0.717) is 0 Å². The first kappa shape index (κ1) is 12.7. The van der Waals surface area contributed by atoms with Crippen molar-refractivity contribution in [3.05, 3.63) is 60.7 Å². The molecular weight excluding hydrogens is 266 g/mol. The molecule has 0 radical (unpaired) electrons. The first-order valence-electron chi connectivity index (χ1n) is 5.32. The third-order valence-corrected chi connectivity index (χ3v) is 6.95. The maximum absolute atomic E-state index is 5.76. The summed E-state index contributed by atoms with van der Waals surface area (Å²) >= 11 is 2.19. The number of hydrogen-bond donors (Lipinski definition) is 0. The molecule has 5 heteroatoms. The van der Waals surface area contributed by atoms with Crippen LogP contribution < -0.4 is 10.4 Å². The summed E-state index contributed by atoms with van der Waals surface area (Å²) in [5.41, 5.74) is 0. The van der Waals surface area contributed by atoms with Gasteiger partial charge in [0, 0.05) is 0 Å². The van der Waals surface area contributed by atoms with Crippen molar-refractivity contribution in [2.45, 2.75) is 0 Å². The van der Waals surface area contributed by atoms with Crippen LogP contribution in [0.25, 0.3) is 0 Å². The summed E-state index contributed by atoms with van der Waals surface area (Å²) in [6.07, 6.45) is 0. The first-order chi connectivity index (χ1) is 8.33. The van der Waals surface area contributed by atoms with E-state index in [2.05, 4.69) is 42.0 Å². The molecule has 0 spiro atoms. The summed E-state index contributed by atoms with van der Waals surface area (Å²) in [6.45, 7) is 0. The van der Waals surface area contributed by atoms with Gasteiger partial charge in [0.2, 0.25) is 0 Å². The molecule has 0 amide bonds. The molecule has 0 aliphatic heterocycles. The van der Waals surface area contributed by atoms with Crippen LogP contribution in [0.4, 0.5) is 0 Å². The second-order valence-corrected chi connectivity index (χ2v) is 7.48. The second kappa shape index (κ2) is 5.71. The Morgan fingerprint density at radius 1 is 0.824 bits per heavy atom. The summed E-state index contributed by atoms with van der Waals surface area (Å²) < 4.78 is 11.5. The van der Waals surface area contributed by atoms with Gasteiger partial charge in [-0.3, -0.25) is 0 Å². The number of rotatable bonds is 4. The molecule has 0 aromatic heterocycles. The van der Waals surface area contributed by atoms with Gasteiger partial charge in [0.05, 0.1) is 0 Å². The maximum atomic E-state index is 5.76. The molecule has 0 N–H and O–H groups in total. The van der Waals surface area contributed by atoms with E-state index in [4.69, 9.17) is 7.69 Å². The normalized spacial score (nSPS) is 11.3. The number of benzene rings is 2. The van der Waals surface area contributed by atoms with Gasteiger partial charge in [-0.15, -0.1) is 0 Å². The van der Waals surface area contributed by atoms with E-state index in [1.54, 1.807) is 8.05 Å². The minimum absolute atomic E-state index is 1.11. The van der Waals surface area contributed by atoms with Crippen molar-refractivity contribution in [1.29, 1.82) is 0 Å². The molecule has 0 atom stereocenters. The molecule has 2 rings (SSSR count). The van der Waals surface area contributed by atoms with Crippen LogP contribution in [0.3, 0.4) is 0 Å². The third kappa shape index (κ3) is 2.41. The summed E-state index contributed by atoms with van der Waals surface area (Å²) in [7, 11) is -0.815. The van der Waals surface area contributed by atoms with E-state index >= 15 is 0 Å². The van der Waals surface area contributed by atoms with Gasteiger partial charge < -0.3 is 0 Å². The average molecular weight is 278 g/mol. The average Bonchev–Trinajstić information content (AvgIpc) is 2.43. The fourth-order valence-electron chi connectivity index (χ4n) is 1.86. The Balaban J connectivity index is 2.54. The van der Waals surface area contributed by atoms with Crippen molar-refractivity contribution < 1.29 is 25.5 Å². The van der Waals surface area contributed by atoms with Gasteiger partial charge in [-0.1, -0.05) is 0 Å². The molecule has 2 nitrogen and oxygen atoms in total. The zero-order valence-electron chi connectivity index (χ0n) is 9.54. The molecule has 84 valence electrons. The summed E-state index contributed by atoms with van der Waals surface area (Å²) in [4.78, 5) is 0. The van der Waals surface area contributed by atoms with Gasteiger partial charge in [0.25, 0.3) is 0 Å². The van der Waals surface area contributed by atoms with E-state index in [1.165, 1.54) is 0 Å². The van der Waals surface area contributed by atoms with Crippen molar-refractivity contribution in [2.75, 3.05) is 0 Å². The fourth-order valence-corrected chi connectivity index (χ4v) is 5.55. The van der Waals surface area contributed by atoms with E-state index in [9.17, 15) is 0 Å². The van der Waals surface area contributed by atoms with Crippen LogP contribution in [-0.2, 0) is 25.5 Å². The number of hydrogen-bond acceptors (Lipinski definition) is 2. The van der Waals surface area contributed by atoms with Crippen LogP contribution in [-0.4, -0.2) is 16.6 Å². The fraction of sp³-hybridized carbons (Fsp3) is 0. The molecule has 17 heavy (non-hydrogen) atoms. The van der Waals surface area contributed by atoms with Crippen LogP contribution in [0.5, 0.6) is 0 Å². The van der Waals surface area contributed by atoms with Crippen LogP contribution >= 0.6 is 0 Å². The molecule has 0 bridgehead atoms. The Kier molecular flexibility index (Phi) is 4.26. The van der Waals surface area contributed by atoms with E-state index in [-0.39, 0.29) is 0 Å². The van der Waals surface area contributed by atoms with Gasteiger partial charge in [-0.2, -0.15) is 0 Å². The molecule has 0 aliphatic carbocycles. The van der Waals surface area contributed by atoms with Crippen LogP contribution in [0, 0.1) is 0 Å². The summed E-state index contributed by atoms with van der Waals surface area (Å²) in [5.74, 6) is 0. The van der Waals surface area contributed by atoms with Gasteiger partial charge in [0.15, 0.2) is 0 Å². The van der Waals surface area contributed by atoms with Gasteiger partial charge >= 0.3 is 113 Å². The molecule has 2 aromatic carbocycles. The zero-order chi connectivity index (χ0) is 12.1. The molecule has 0 saturated heterocycles. The van der Waals surface area contributed by atoms with E-state index < -0.39 is 8.56 Å². The first-order valence-corrected chi connectivity index (χ1v) is 7.71. The minimum atomic E-state index is -2.52. The SMILES string of the molecule is BO[Si]([O][V])(c1ccccc1)c1ccccc1. The molecule has 2 aromatic rings.